The number of halogens is 2. The first kappa shape index (κ1) is 30.8. The van der Waals surface area contributed by atoms with Crippen LogP contribution in [0.15, 0.2) is 75.8 Å². The fraction of sp³-hybridized carbons (Fsp3) is 0.115. The van der Waals surface area contributed by atoms with E-state index in [0.717, 1.165) is 0 Å². The van der Waals surface area contributed by atoms with E-state index in [4.69, 9.17) is 27.9 Å². The molecule has 0 aliphatic rings. The van der Waals surface area contributed by atoms with Gasteiger partial charge in [0.25, 0.3) is 16.0 Å². The molecule has 4 aromatic carbocycles. The van der Waals surface area contributed by atoms with Crippen molar-refractivity contribution in [2.45, 2.75) is 18.2 Å². The number of ether oxygens (including phenoxy) is 1. The van der Waals surface area contributed by atoms with Gasteiger partial charge in [-0.3, -0.25) is 9.35 Å². The molecule has 0 aromatic heterocycles. The van der Waals surface area contributed by atoms with Gasteiger partial charge in [-0.2, -0.15) is 13.5 Å². The van der Waals surface area contributed by atoms with E-state index in [0.29, 0.717) is 16.5 Å². The van der Waals surface area contributed by atoms with Gasteiger partial charge < -0.3 is 15.2 Å². The minimum atomic E-state index is -4.56. The molecule has 0 radical (unpaired) electrons. The van der Waals surface area contributed by atoms with Crippen molar-refractivity contribution >= 4 is 67.1 Å². The SMILES string of the molecule is CCc1c(S(=O)(=O)O)ccc(Cl)c1N=Nc1c([O-])c(C(=O)Nc2cccc(OC)c2Cl)cc2ccccc12.[Na+]. The molecule has 0 heterocycles. The summed E-state index contributed by atoms with van der Waals surface area (Å²) < 4.78 is 38.5. The number of benzene rings is 4. The Kier molecular flexibility index (Phi) is 10.0. The Morgan fingerprint density at radius 1 is 1.05 bits per heavy atom. The van der Waals surface area contributed by atoms with E-state index in [-0.39, 0.29) is 79.1 Å². The maximum atomic E-state index is 13.5. The molecule has 0 bridgehead atoms. The normalized spacial score (nSPS) is 11.4. The average molecular weight is 596 g/mol. The van der Waals surface area contributed by atoms with Crippen molar-refractivity contribution in [2.75, 3.05) is 12.4 Å². The second kappa shape index (κ2) is 12.6. The summed E-state index contributed by atoms with van der Waals surface area (Å²) in [5, 5.41) is 25.5. The quantitative estimate of drug-likeness (QED) is 0.189. The second-order valence-electron chi connectivity index (χ2n) is 8.00. The van der Waals surface area contributed by atoms with Crippen molar-refractivity contribution in [3.05, 3.63) is 81.8 Å². The summed E-state index contributed by atoms with van der Waals surface area (Å²) in [6.07, 6.45) is 0.152. The summed E-state index contributed by atoms with van der Waals surface area (Å²) in [6.45, 7) is 1.66. The van der Waals surface area contributed by atoms with Crippen molar-refractivity contribution in [2.24, 2.45) is 10.2 Å². The van der Waals surface area contributed by atoms with Crippen molar-refractivity contribution in [3.8, 4) is 11.5 Å². The standard InChI is InChI=1S/C26H21Cl2N3O6S.Na/c1-3-15-21(38(34,35)36)12-11-18(27)23(15)30-31-24-16-8-5-4-7-14(16)13-17(25(24)32)26(33)29-19-9-6-10-20(37-2)22(19)28;/h4-13,32H,3H2,1-2H3,(H,29,33)(H,34,35,36);/q;+1/p-1. The van der Waals surface area contributed by atoms with E-state index in [1.807, 2.05) is 0 Å². The molecule has 0 spiro atoms. The minimum absolute atomic E-state index is 0. The molecule has 0 unspecified atom stereocenters. The van der Waals surface area contributed by atoms with Gasteiger partial charge in [-0.15, -0.1) is 5.11 Å². The zero-order valence-electron chi connectivity index (χ0n) is 21.0. The van der Waals surface area contributed by atoms with Gasteiger partial charge in [0.05, 0.1) is 28.4 Å². The molecule has 0 fully saturated rings. The van der Waals surface area contributed by atoms with Gasteiger partial charge in [0.2, 0.25) is 0 Å². The Hall–Kier alpha value is -2.70. The van der Waals surface area contributed by atoms with Crippen LogP contribution in [0.3, 0.4) is 0 Å². The Labute approximate surface area is 256 Å². The number of hydrogen-bond donors (Lipinski definition) is 2. The van der Waals surface area contributed by atoms with Crippen molar-refractivity contribution in [3.63, 3.8) is 0 Å². The van der Waals surface area contributed by atoms with E-state index in [1.54, 1.807) is 49.4 Å². The van der Waals surface area contributed by atoms with E-state index < -0.39 is 21.8 Å². The Balaban J connectivity index is 0.00000420. The number of nitrogens with one attached hydrogen (secondary N) is 1. The molecule has 2 N–H and O–H groups in total. The van der Waals surface area contributed by atoms with Crippen LogP contribution in [-0.2, 0) is 16.5 Å². The average Bonchev–Trinajstić information content (AvgIpc) is 2.88. The van der Waals surface area contributed by atoms with E-state index >= 15 is 0 Å². The molecule has 9 nitrogen and oxygen atoms in total. The summed E-state index contributed by atoms with van der Waals surface area (Å²) in [6, 6.07) is 15.4. The second-order valence-corrected chi connectivity index (χ2v) is 10.2. The zero-order valence-corrected chi connectivity index (χ0v) is 25.4. The molecule has 0 aliphatic carbocycles. The van der Waals surface area contributed by atoms with Gasteiger partial charge in [0.1, 0.15) is 16.5 Å². The van der Waals surface area contributed by atoms with Gasteiger partial charge in [-0.05, 0) is 42.1 Å². The number of hydrogen-bond acceptors (Lipinski definition) is 7. The maximum absolute atomic E-state index is 13.5. The molecule has 0 aliphatic heterocycles. The van der Waals surface area contributed by atoms with Gasteiger partial charge in [0.15, 0.2) is 0 Å². The topological polar surface area (TPSA) is 140 Å². The summed E-state index contributed by atoms with van der Waals surface area (Å²) in [4.78, 5) is 12.8. The maximum Gasteiger partial charge on any atom is 1.00 e. The molecule has 0 saturated carbocycles. The Bertz CT molecular complexity index is 1710. The van der Waals surface area contributed by atoms with E-state index in [2.05, 4.69) is 15.5 Å². The van der Waals surface area contributed by atoms with Crippen LogP contribution < -0.4 is 44.7 Å². The third-order valence-electron chi connectivity index (χ3n) is 5.72. The van der Waals surface area contributed by atoms with Gasteiger partial charge in [-0.1, -0.05) is 66.2 Å². The number of methoxy groups -OCH3 is 1. The van der Waals surface area contributed by atoms with Gasteiger partial charge in [-0.25, -0.2) is 0 Å². The number of nitrogens with zero attached hydrogens (tertiary/aromatic N) is 2. The smallest absolute Gasteiger partial charge is 0.870 e. The first-order chi connectivity index (χ1) is 18.1. The molecule has 4 aromatic rings. The van der Waals surface area contributed by atoms with Crippen LogP contribution in [0.5, 0.6) is 11.5 Å². The largest absolute Gasteiger partial charge is 1.00 e. The summed E-state index contributed by atoms with van der Waals surface area (Å²) in [5.74, 6) is -1.10. The van der Waals surface area contributed by atoms with Crippen LogP contribution in [0.25, 0.3) is 10.8 Å². The summed E-state index contributed by atoms with van der Waals surface area (Å²) in [5.41, 5.74) is -0.0218. The summed E-state index contributed by atoms with van der Waals surface area (Å²) in [7, 11) is -3.13. The number of carbonyl (C=O) groups is 1. The fourth-order valence-corrected chi connectivity index (χ4v) is 5.17. The van der Waals surface area contributed by atoms with Crippen molar-refractivity contribution < 1.29 is 57.2 Å². The number of rotatable bonds is 7. The Morgan fingerprint density at radius 3 is 2.41 bits per heavy atom. The summed E-state index contributed by atoms with van der Waals surface area (Å²) >= 11 is 12.6. The van der Waals surface area contributed by atoms with Crippen molar-refractivity contribution in [1.29, 1.82) is 0 Å². The molecular formula is C26H20Cl2N3NaO6S. The first-order valence-electron chi connectivity index (χ1n) is 11.1. The zero-order chi connectivity index (χ0) is 27.6. The number of azo groups is 1. The molecule has 4 rings (SSSR count). The molecule has 1 amide bonds. The van der Waals surface area contributed by atoms with E-state index in [9.17, 15) is 22.9 Å². The van der Waals surface area contributed by atoms with Crippen LogP contribution in [0.2, 0.25) is 10.0 Å². The Morgan fingerprint density at radius 2 is 1.74 bits per heavy atom. The third-order valence-corrected chi connectivity index (χ3v) is 7.36. The third kappa shape index (κ3) is 6.38. The van der Waals surface area contributed by atoms with Crippen LogP contribution >= 0.6 is 23.2 Å². The molecule has 13 heteroatoms. The number of carbonyl (C=O) groups excluding carboxylic acids is 1. The first-order valence-corrected chi connectivity index (χ1v) is 13.3. The predicted octanol–water partition coefficient (Wildman–Crippen LogP) is 3.71. The monoisotopic (exact) mass is 595 g/mol. The van der Waals surface area contributed by atoms with Crippen LogP contribution in [-0.4, -0.2) is 26.0 Å². The predicted molar refractivity (Wildman–Crippen MR) is 144 cm³/mol. The molecular weight excluding hydrogens is 576 g/mol. The molecule has 0 atom stereocenters. The molecule has 0 saturated heterocycles. The minimum Gasteiger partial charge on any atom is -0.870 e. The van der Waals surface area contributed by atoms with Gasteiger partial charge in [0, 0.05) is 16.5 Å². The van der Waals surface area contributed by atoms with Crippen LogP contribution in [0.1, 0.15) is 22.8 Å². The van der Waals surface area contributed by atoms with Crippen LogP contribution in [0, 0.1) is 0 Å². The molecule has 196 valence electrons. The number of amides is 1. The number of fused-ring (bicyclic) bond motifs is 1. The van der Waals surface area contributed by atoms with Gasteiger partial charge >= 0.3 is 29.6 Å². The number of anilines is 1. The molecule has 39 heavy (non-hydrogen) atoms. The fourth-order valence-electron chi connectivity index (χ4n) is 3.91. The van der Waals surface area contributed by atoms with Crippen LogP contribution in [0.4, 0.5) is 17.1 Å². The van der Waals surface area contributed by atoms with Crippen molar-refractivity contribution in [1.82, 2.24) is 0 Å². The van der Waals surface area contributed by atoms with E-state index in [1.165, 1.54) is 25.3 Å².